The zero-order valence-electron chi connectivity index (χ0n) is 20.2. The molecule has 2 aliphatic rings. The number of aliphatic imine (C=N–C) groups is 1. The SMILES string of the molecule is COc1cnc(C(=O)Nc2ccc3c(c2)[C@@]2(CCSC(N)=N2)c2cc(OS(=O)(=O)C(F)(F)F)cc(F)c2O3)cn1. The Kier molecular flexibility index (Phi) is 6.73. The number of methoxy groups -OCH3 is 1. The first kappa shape index (κ1) is 27.4. The van der Waals surface area contributed by atoms with Gasteiger partial charge in [0.15, 0.2) is 16.7 Å². The number of amides is 1. The van der Waals surface area contributed by atoms with Crippen molar-refractivity contribution in [2.45, 2.75) is 17.5 Å². The van der Waals surface area contributed by atoms with Crippen LogP contribution in [0.2, 0.25) is 0 Å². The second-order valence-electron chi connectivity index (χ2n) is 8.38. The summed E-state index contributed by atoms with van der Waals surface area (Å²) in [5.41, 5.74) is -0.848. The molecule has 3 N–H and O–H groups in total. The summed E-state index contributed by atoms with van der Waals surface area (Å²) in [5.74, 6) is -2.44. The Bertz CT molecular complexity index is 1650. The fourth-order valence-corrected chi connectivity index (χ4v) is 5.45. The molecule has 0 saturated heterocycles. The number of ether oxygens (including phenoxy) is 2. The number of carbonyl (C=O) groups is 1. The maximum absolute atomic E-state index is 15.2. The number of benzene rings is 2. The van der Waals surface area contributed by atoms with Crippen LogP contribution in [0.3, 0.4) is 0 Å². The standard InChI is InChI=1S/C23H17F4N5O6S2/c1-36-18-10-29-16(9-30-18)20(33)31-11-2-3-17-13(6-11)22(4-5-39-21(28)32-22)14-7-12(8-15(24)19(14)37-17)38-40(34,35)23(25,26)27/h2-3,6-10H,4-5H2,1H3,(H2,28,32)(H,31,33)/t22-/m0/s1. The average Bonchev–Trinajstić information content (AvgIpc) is 2.89. The van der Waals surface area contributed by atoms with Crippen molar-refractivity contribution >= 4 is 38.6 Å². The third-order valence-electron chi connectivity index (χ3n) is 5.93. The molecule has 3 aromatic rings. The molecule has 40 heavy (non-hydrogen) atoms. The number of nitrogens with two attached hydrogens (primary N) is 1. The first-order valence-electron chi connectivity index (χ1n) is 11.2. The second kappa shape index (κ2) is 9.81. The highest BCUT2D eigenvalue weighted by Gasteiger charge is 2.50. The van der Waals surface area contributed by atoms with Crippen LogP contribution in [0.15, 0.2) is 47.7 Å². The van der Waals surface area contributed by atoms with E-state index in [1.807, 2.05) is 0 Å². The Balaban J connectivity index is 1.59. The quantitative estimate of drug-likeness (QED) is 0.251. The van der Waals surface area contributed by atoms with Crippen LogP contribution in [0.5, 0.6) is 23.1 Å². The lowest BCUT2D eigenvalue weighted by molar-refractivity contribution is -0.0500. The van der Waals surface area contributed by atoms with E-state index < -0.39 is 44.4 Å². The molecule has 2 aromatic carbocycles. The van der Waals surface area contributed by atoms with Crippen molar-refractivity contribution in [2.24, 2.45) is 10.7 Å². The van der Waals surface area contributed by atoms with Gasteiger partial charge in [-0.25, -0.2) is 19.4 Å². The average molecular weight is 600 g/mol. The molecule has 0 aliphatic carbocycles. The minimum atomic E-state index is -6.10. The number of halogens is 4. The van der Waals surface area contributed by atoms with Gasteiger partial charge in [-0.3, -0.25) is 4.79 Å². The summed E-state index contributed by atoms with van der Waals surface area (Å²) in [5, 5.41) is 2.73. The monoisotopic (exact) mass is 599 g/mol. The third-order valence-corrected chi connectivity index (χ3v) is 7.71. The molecule has 0 radical (unpaired) electrons. The Labute approximate surface area is 227 Å². The zero-order chi connectivity index (χ0) is 28.9. The van der Waals surface area contributed by atoms with Crippen molar-refractivity contribution in [1.29, 1.82) is 0 Å². The highest BCUT2D eigenvalue weighted by atomic mass is 32.2. The highest BCUT2D eigenvalue weighted by Crippen LogP contribution is 2.55. The lowest BCUT2D eigenvalue weighted by atomic mass is 9.78. The van der Waals surface area contributed by atoms with Gasteiger partial charge in [0.1, 0.15) is 22.7 Å². The Morgan fingerprint density at radius 3 is 2.60 bits per heavy atom. The zero-order valence-corrected chi connectivity index (χ0v) is 21.8. The van der Waals surface area contributed by atoms with Gasteiger partial charge < -0.3 is 24.7 Å². The molecule has 0 bridgehead atoms. The summed E-state index contributed by atoms with van der Waals surface area (Å²) in [6.45, 7) is 0. The summed E-state index contributed by atoms with van der Waals surface area (Å²) >= 11 is 1.19. The maximum Gasteiger partial charge on any atom is 0.534 e. The summed E-state index contributed by atoms with van der Waals surface area (Å²) in [6.07, 6.45) is 2.62. The number of carbonyl (C=O) groups excluding carboxylic acids is 1. The predicted molar refractivity (Wildman–Crippen MR) is 135 cm³/mol. The van der Waals surface area contributed by atoms with Crippen molar-refractivity contribution < 1.29 is 44.4 Å². The number of rotatable bonds is 5. The molecule has 210 valence electrons. The smallest absolute Gasteiger partial charge is 0.480 e. The van der Waals surface area contributed by atoms with Crippen LogP contribution in [0.25, 0.3) is 0 Å². The molecular formula is C23H17F4N5O6S2. The van der Waals surface area contributed by atoms with Crippen LogP contribution in [-0.2, 0) is 15.7 Å². The summed E-state index contributed by atoms with van der Waals surface area (Å²) < 4.78 is 92.1. The normalized spacial score (nSPS) is 18.2. The largest absolute Gasteiger partial charge is 0.534 e. The number of hydrogen-bond donors (Lipinski definition) is 2. The summed E-state index contributed by atoms with van der Waals surface area (Å²) in [4.78, 5) is 25.2. The fourth-order valence-electron chi connectivity index (χ4n) is 4.18. The Hall–Kier alpha value is -4.12. The summed E-state index contributed by atoms with van der Waals surface area (Å²) in [6, 6.07) is 5.78. The minimum absolute atomic E-state index is 0.0269. The second-order valence-corrected chi connectivity index (χ2v) is 11.0. The van der Waals surface area contributed by atoms with Crippen LogP contribution in [-0.4, -0.2) is 47.8 Å². The third kappa shape index (κ3) is 4.85. The van der Waals surface area contributed by atoms with E-state index in [4.69, 9.17) is 15.2 Å². The van der Waals surface area contributed by atoms with Gasteiger partial charge in [-0.05, 0) is 30.7 Å². The van der Waals surface area contributed by atoms with E-state index in [9.17, 15) is 26.4 Å². The first-order valence-corrected chi connectivity index (χ1v) is 13.5. The lowest BCUT2D eigenvalue weighted by Gasteiger charge is -2.39. The number of nitrogens with one attached hydrogen (secondary N) is 1. The maximum atomic E-state index is 15.2. The molecule has 0 fully saturated rings. The number of thioether (sulfide) groups is 1. The van der Waals surface area contributed by atoms with Crippen LogP contribution in [0.1, 0.15) is 28.0 Å². The number of aromatic nitrogens is 2. The van der Waals surface area contributed by atoms with Crippen LogP contribution < -0.4 is 24.7 Å². The molecule has 3 heterocycles. The van der Waals surface area contributed by atoms with Gasteiger partial charge in [0.2, 0.25) is 5.88 Å². The first-order chi connectivity index (χ1) is 18.8. The molecule has 0 saturated carbocycles. The molecule has 1 amide bonds. The number of fused-ring (bicyclic) bond motifs is 4. The van der Waals surface area contributed by atoms with Gasteiger partial charge >= 0.3 is 15.6 Å². The fraction of sp³-hybridized carbons (Fsp3) is 0.217. The Morgan fingerprint density at radius 1 is 1.18 bits per heavy atom. The van der Waals surface area contributed by atoms with Gasteiger partial charge in [0, 0.05) is 28.6 Å². The highest BCUT2D eigenvalue weighted by molar-refractivity contribution is 8.13. The van der Waals surface area contributed by atoms with Crippen LogP contribution in [0, 0.1) is 5.82 Å². The van der Waals surface area contributed by atoms with Crippen molar-refractivity contribution in [2.75, 3.05) is 18.2 Å². The van der Waals surface area contributed by atoms with Gasteiger partial charge in [0.05, 0.1) is 19.5 Å². The molecule has 5 rings (SSSR count). The number of anilines is 1. The number of hydrogen-bond acceptors (Lipinski definition) is 11. The van der Waals surface area contributed by atoms with E-state index in [0.29, 0.717) is 11.8 Å². The number of nitrogens with zero attached hydrogens (tertiary/aromatic N) is 3. The van der Waals surface area contributed by atoms with E-state index >= 15 is 4.39 Å². The molecule has 1 atom stereocenters. The van der Waals surface area contributed by atoms with Crippen molar-refractivity contribution in [1.82, 2.24) is 9.97 Å². The number of amidine groups is 1. The van der Waals surface area contributed by atoms with Gasteiger partial charge in [-0.1, -0.05) is 11.8 Å². The number of alkyl halides is 3. The van der Waals surface area contributed by atoms with Crippen LogP contribution >= 0.6 is 11.8 Å². The van der Waals surface area contributed by atoms with Gasteiger partial charge in [0.25, 0.3) is 5.91 Å². The van der Waals surface area contributed by atoms with E-state index in [2.05, 4.69) is 24.5 Å². The van der Waals surface area contributed by atoms with Crippen molar-refractivity contribution in [3.05, 3.63) is 65.4 Å². The molecule has 1 aromatic heterocycles. The topological polar surface area (TPSA) is 155 Å². The van der Waals surface area contributed by atoms with E-state index in [1.54, 1.807) is 0 Å². The predicted octanol–water partition coefficient (Wildman–Crippen LogP) is 3.91. The van der Waals surface area contributed by atoms with Gasteiger partial charge in [-0.15, -0.1) is 0 Å². The van der Waals surface area contributed by atoms with E-state index in [0.717, 1.165) is 6.07 Å². The molecular weight excluding hydrogens is 582 g/mol. The molecule has 0 unspecified atom stereocenters. The van der Waals surface area contributed by atoms with Crippen molar-refractivity contribution in [3.8, 4) is 23.1 Å². The van der Waals surface area contributed by atoms with E-state index in [-0.39, 0.29) is 45.7 Å². The van der Waals surface area contributed by atoms with Crippen molar-refractivity contribution in [3.63, 3.8) is 0 Å². The molecule has 11 nitrogen and oxygen atoms in total. The molecule has 17 heteroatoms. The minimum Gasteiger partial charge on any atom is -0.480 e. The summed E-state index contributed by atoms with van der Waals surface area (Å²) in [7, 11) is -4.71. The molecule has 1 spiro atoms. The van der Waals surface area contributed by atoms with E-state index in [1.165, 1.54) is 49.5 Å². The van der Waals surface area contributed by atoms with Gasteiger partial charge in [-0.2, -0.15) is 21.6 Å². The van der Waals surface area contributed by atoms with Crippen LogP contribution in [0.4, 0.5) is 23.2 Å². The Morgan fingerprint density at radius 2 is 1.95 bits per heavy atom. The molecule has 2 aliphatic heterocycles. The lowest BCUT2D eigenvalue weighted by Crippen LogP contribution is -2.36.